The zero-order valence-corrected chi connectivity index (χ0v) is 20.9. The summed E-state index contributed by atoms with van der Waals surface area (Å²) in [5, 5.41) is 4.26. The van der Waals surface area contributed by atoms with Crippen LogP contribution in [0.1, 0.15) is 55.3 Å². The van der Waals surface area contributed by atoms with Gasteiger partial charge in [0.05, 0.1) is 30.3 Å². The number of ether oxygens (including phenoxy) is 3. The molecule has 35 heavy (non-hydrogen) atoms. The second-order valence-electron chi connectivity index (χ2n) is 7.52. The first-order valence-corrected chi connectivity index (χ1v) is 11.8. The van der Waals surface area contributed by atoms with Crippen molar-refractivity contribution in [2.75, 3.05) is 13.2 Å². The van der Waals surface area contributed by atoms with Crippen molar-refractivity contribution in [1.82, 2.24) is 14.8 Å². The van der Waals surface area contributed by atoms with Crippen molar-refractivity contribution in [3.05, 3.63) is 69.2 Å². The van der Waals surface area contributed by atoms with Gasteiger partial charge in [0.1, 0.15) is 18.0 Å². The normalized spacial score (nSPS) is 17.3. The summed E-state index contributed by atoms with van der Waals surface area (Å²) in [4.78, 5) is 12.4. The lowest BCUT2D eigenvalue weighted by Gasteiger charge is -2.24. The number of carbonyl (C=O) groups is 1. The first-order chi connectivity index (χ1) is 16.7. The lowest BCUT2D eigenvalue weighted by atomic mass is 9.99. The van der Waals surface area contributed by atoms with Crippen LogP contribution in [0.25, 0.3) is 5.69 Å². The molecule has 1 aromatic heterocycles. The van der Waals surface area contributed by atoms with Crippen LogP contribution in [0.2, 0.25) is 10.0 Å². The molecule has 0 saturated carbocycles. The number of aromatic nitrogens is 3. The van der Waals surface area contributed by atoms with E-state index >= 15 is 0 Å². The van der Waals surface area contributed by atoms with E-state index in [1.807, 2.05) is 6.92 Å². The van der Waals surface area contributed by atoms with Gasteiger partial charge in [-0.2, -0.15) is 8.78 Å². The molecule has 3 aromatic rings. The molecule has 2 atom stereocenters. The van der Waals surface area contributed by atoms with Gasteiger partial charge in [-0.25, -0.2) is 0 Å². The second kappa shape index (κ2) is 10.3. The summed E-state index contributed by atoms with van der Waals surface area (Å²) in [5.74, 6) is -1.07. The van der Waals surface area contributed by atoms with Crippen LogP contribution in [-0.2, 0) is 19.6 Å². The average molecular weight is 547 g/mol. The van der Waals surface area contributed by atoms with E-state index in [-0.39, 0.29) is 29.6 Å². The third kappa shape index (κ3) is 5.09. The summed E-state index contributed by atoms with van der Waals surface area (Å²) in [6.45, 7) is 3.97. The largest absolute Gasteiger partial charge is 0.492 e. The maximum Gasteiger partial charge on any atom is 0.382 e. The van der Waals surface area contributed by atoms with E-state index in [4.69, 9.17) is 49.0 Å². The molecule has 12 heteroatoms. The Labute approximate surface area is 214 Å². The van der Waals surface area contributed by atoms with Crippen molar-refractivity contribution in [3.8, 4) is 11.4 Å². The van der Waals surface area contributed by atoms with Crippen LogP contribution in [0, 0.1) is 0 Å². The number of esters is 1. The van der Waals surface area contributed by atoms with E-state index in [9.17, 15) is 13.6 Å². The topological polar surface area (TPSA) is 75.5 Å². The maximum absolute atomic E-state index is 14.4. The van der Waals surface area contributed by atoms with Crippen LogP contribution >= 0.6 is 34.8 Å². The van der Waals surface area contributed by atoms with Gasteiger partial charge in [0, 0.05) is 16.1 Å². The number of hydrogen-bond acceptors (Lipinski definition) is 6. The number of fused-ring (bicyclic) bond motifs is 3. The Morgan fingerprint density at radius 2 is 1.91 bits per heavy atom. The lowest BCUT2D eigenvalue weighted by molar-refractivity contribution is -0.147. The highest BCUT2D eigenvalue weighted by molar-refractivity contribution is 6.33. The molecule has 0 amide bonds. The van der Waals surface area contributed by atoms with E-state index in [2.05, 4.69) is 10.2 Å². The molecule has 0 spiro atoms. The summed E-state index contributed by atoms with van der Waals surface area (Å²) in [7, 11) is 0. The van der Waals surface area contributed by atoms with Gasteiger partial charge < -0.3 is 14.2 Å². The number of carbonyl (C=O) groups excluding carboxylic acids is 1. The van der Waals surface area contributed by atoms with E-state index in [0.717, 1.165) is 4.57 Å². The summed E-state index contributed by atoms with van der Waals surface area (Å²) < 4.78 is 46.8. The highest BCUT2D eigenvalue weighted by Gasteiger charge is 2.42. The van der Waals surface area contributed by atoms with E-state index in [0.29, 0.717) is 28.5 Å². The molecule has 4 rings (SSSR count). The van der Waals surface area contributed by atoms with Crippen molar-refractivity contribution < 1.29 is 27.8 Å². The van der Waals surface area contributed by atoms with Gasteiger partial charge in [0.25, 0.3) is 0 Å². The minimum absolute atomic E-state index is 0.0449. The monoisotopic (exact) mass is 545 g/mol. The Morgan fingerprint density at radius 3 is 2.60 bits per heavy atom. The first kappa shape index (κ1) is 25.6. The highest BCUT2D eigenvalue weighted by atomic mass is 35.5. The van der Waals surface area contributed by atoms with E-state index in [1.165, 1.54) is 12.1 Å². The van der Waals surface area contributed by atoms with Crippen LogP contribution in [0.4, 0.5) is 8.78 Å². The predicted molar refractivity (Wildman–Crippen MR) is 126 cm³/mol. The molecule has 0 unspecified atom stereocenters. The maximum atomic E-state index is 14.4. The summed E-state index contributed by atoms with van der Waals surface area (Å²) in [6, 6.07) is 9.76. The molecule has 2 aromatic carbocycles. The number of rotatable bonds is 7. The summed E-state index contributed by atoms with van der Waals surface area (Å²) >= 11 is 18.3. The standard InChI is InChI=1S/C23H20Cl3F2N3O4/c1-3-33-16-7-5-6-13(19(16)25)20-14-10-12(24)8-9-15(14)31-21(29-30-22(31)23(26,27)28)17(35-20)11-18(32)34-4-2/h5-10,17,20H,3-4,11H2,1-2H3/t17-,20-/m1/s1. The molecule has 0 bridgehead atoms. The van der Waals surface area contributed by atoms with Crippen LogP contribution in [0.3, 0.4) is 0 Å². The van der Waals surface area contributed by atoms with Crippen LogP contribution < -0.4 is 4.74 Å². The zero-order chi connectivity index (χ0) is 25.3. The molecule has 1 aliphatic rings. The first-order valence-electron chi connectivity index (χ1n) is 10.7. The number of nitrogens with zero attached hydrogens (tertiary/aromatic N) is 3. The Balaban J connectivity index is 1.97. The minimum Gasteiger partial charge on any atom is -0.492 e. The summed E-state index contributed by atoms with van der Waals surface area (Å²) in [5.41, 5.74) is 1.12. The third-order valence-electron chi connectivity index (χ3n) is 5.28. The Kier molecular flexibility index (Phi) is 7.51. The fourth-order valence-electron chi connectivity index (χ4n) is 3.91. The molecule has 0 N–H and O–H groups in total. The predicted octanol–water partition coefficient (Wildman–Crippen LogP) is 6.37. The van der Waals surface area contributed by atoms with Gasteiger partial charge in [-0.15, -0.1) is 10.2 Å². The number of alkyl halides is 3. The van der Waals surface area contributed by atoms with Gasteiger partial charge in [0.2, 0.25) is 5.82 Å². The Bertz CT molecular complexity index is 1250. The zero-order valence-electron chi connectivity index (χ0n) is 18.6. The van der Waals surface area contributed by atoms with E-state index < -0.39 is 29.4 Å². The quantitative estimate of drug-likeness (QED) is 0.253. The molecule has 0 aliphatic carbocycles. The van der Waals surface area contributed by atoms with Crippen molar-refractivity contribution in [3.63, 3.8) is 0 Å². The number of halogens is 5. The molecule has 186 valence electrons. The summed E-state index contributed by atoms with van der Waals surface area (Å²) in [6.07, 6.45) is -2.38. The van der Waals surface area contributed by atoms with Gasteiger partial charge in [-0.05, 0) is 49.7 Å². The van der Waals surface area contributed by atoms with Gasteiger partial charge in [-0.3, -0.25) is 9.36 Å². The molecule has 0 saturated heterocycles. The van der Waals surface area contributed by atoms with Gasteiger partial charge >= 0.3 is 11.4 Å². The van der Waals surface area contributed by atoms with Crippen molar-refractivity contribution >= 4 is 40.8 Å². The number of hydrogen-bond donors (Lipinski definition) is 0. The van der Waals surface area contributed by atoms with Crippen molar-refractivity contribution in [2.45, 2.75) is 37.9 Å². The Morgan fingerprint density at radius 1 is 1.14 bits per heavy atom. The van der Waals surface area contributed by atoms with E-state index in [1.54, 1.807) is 31.2 Å². The molecular formula is C23H20Cl3F2N3O4. The molecule has 7 nitrogen and oxygen atoms in total. The van der Waals surface area contributed by atoms with Gasteiger partial charge in [-0.1, -0.05) is 35.3 Å². The van der Waals surface area contributed by atoms with Crippen molar-refractivity contribution in [2.24, 2.45) is 0 Å². The minimum atomic E-state index is -3.86. The molecule has 0 radical (unpaired) electrons. The molecule has 2 heterocycles. The average Bonchev–Trinajstić information content (AvgIpc) is 3.20. The fraction of sp³-hybridized carbons (Fsp3) is 0.348. The second-order valence-corrected chi connectivity index (χ2v) is 8.81. The highest BCUT2D eigenvalue weighted by Crippen LogP contribution is 2.46. The molecular weight excluding hydrogens is 527 g/mol. The SMILES string of the molecule is CCOC(=O)C[C@H]1O[C@H](c2cccc(OCC)c2Cl)c2cc(Cl)ccc2-n2c1nnc2C(F)(F)Cl. The number of benzene rings is 2. The molecule has 1 aliphatic heterocycles. The van der Waals surface area contributed by atoms with Crippen LogP contribution in [0.5, 0.6) is 5.75 Å². The third-order valence-corrected chi connectivity index (χ3v) is 6.08. The van der Waals surface area contributed by atoms with Crippen molar-refractivity contribution in [1.29, 1.82) is 0 Å². The lowest BCUT2D eigenvalue weighted by Crippen LogP contribution is -2.18. The fourth-order valence-corrected chi connectivity index (χ4v) is 4.49. The Hall–Kier alpha value is -2.46. The van der Waals surface area contributed by atoms with Gasteiger partial charge in [0.15, 0.2) is 5.82 Å². The smallest absolute Gasteiger partial charge is 0.382 e. The van der Waals surface area contributed by atoms with Crippen LogP contribution in [-0.4, -0.2) is 33.9 Å². The van der Waals surface area contributed by atoms with Crippen LogP contribution in [0.15, 0.2) is 36.4 Å². The molecule has 0 fully saturated rings.